The van der Waals surface area contributed by atoms with Crippen LogP contribution in [0.25, 0.3) is 0 Å². The topological polar surface area (TPSA) is 20.2 Å². The van der Waals surface area contributed by atoms with E-state index in [0.29, 0.717) is 23.3 Å². The molecule has 0 aromatic rings. The standard InChI is InChI=1S/C22H32F2O/c1-13(20(23)24)17-6-7-18-16-5-4-14-12-15(25)8-10-21(14,2)19(16)9-11-22(17,18)3/h4,15-19,25H,5-12H2,1-3H3/t15-,16-,17+,18-,19-,21-,22+/m0/s1. The van der Waals surface area contributed by atoms with Crippen LogP contribution in [0.5, 0.6) is 0 Å². The van der Waals surface area contributed by atoms with Crippen molar-refractivity contribution < 1.29 is 13.9 Å². The number of halogens is 2. The van der Waals surface area contributed by atoms with Crippen molar-refractivity contribution in [1.82, 2.24) is 0 Å². The molecule has 4 aliphatic carbocycles. The summed E-state index contributed by atoms with van der Waals surface area (Å²) in [6.07, 6.45) is 9.03. The molecule has 0 amide bonds. The fourth-order valence-electron chi connectivity index (χ4n) is 7.48. The van der Waals surface area contributed by atoms with Crippen LogP contribution in [0.15, 0.2) is 23.3 Å². The zero-order chi connectivity index (χ0) is 18.0. The minimum Gasteiger partial charge on any atom is -0.393 e. The molecular formula is C22H32F2O. The van der Waals surface area contributed by atoms with E-state index in [9.17, 15) is 13.9 Å². The van der Waals surface area contributed by atoms with Gasteiger partial charge in [0.15, 0.2) is 0 Å². The van der Waals surface area contributed by atoms with Crippen LogP contribution < -0.4 is 0 Å². The Morgan fingerprint density at radius 1 is 1.08 bits per heavy atom. The van der Waals surface area contributed by atoms with Crippen LogP contribution in [0.3, 0.4) is 0 Å². The maximum Gasteiger partial charge on any atom is 0.269 e. The second-order valence-corrected chi connectivity index (χ2v) is 9.77. The van der Waals surface area contributed by atoms with Crippen molar-refractivity contribution in [3.63, 3.8) is 0 Å². The van der Waals surface area contributed by atoms with E-state index >= 15 is 0 Å². The number of aliphatic hydroxyl groups excluding tert-OH is 1. The Morgan fingerprint density at radius 3 is 2.56 bits per heavy atom. The third kappa shape index (κ3) is 2.48. The Bertz CT molecular complexity index is 620. The SMILES string of the molecule is CC(=C(F)F)[C@H]1CC[C@H]2[C@@H]3CC=C4C[C@@H](O)CC[C@]4(C)[C@H]3CC[C@]12C. The number of allylic oxidation sites excluding steroid dienone is 2. The predicted molar refractivity (Wildman–Crippen MR) is 96.1 cm³/mol. The lowest BCUT2D eigenvalue weighted by Crippen LogP contribution is -2.50. The Hall–Kier alpha value is -0.700. The summed E-state index contributed by atoms with van der Waals surface area (Å²) in [4.78, 5) is 0. The van der Waals surface area contributed by atoms with E-state index in [1.165, 1.54) is 12.0 Å². The molecule has 3 fully saturated rings. The molecule has 140 valence electrons. The van der Waals surface area contributed by atoms with Gasteiger partial charge in [-0.15, -0.1) is 0 Å². The van der Waals surface area contributed by atoms with Crippen LogP contribution in [0.4, 0.5) is 8.78 Å². The summed E-state index contributed by atoms with van der Waals surface area (Å²) in [6.45, 7) is 6.37. The van der Waals surface area contributed by atoms with Gasteiger partial charge in [-0.2, -0.15) is 8.78 Å². The lowest BCUT2D eigenvalue weighted by atomic mass is 9.47. The van der Waals surface area contributed by atoms with Gasteiger partial charge in [0.2, 0.25) is 0 Å². The van der Waals surface area contributed by atoms with Crippen LogP contribution in [-0.4, -0.2) is 11.2 Å². The lowest BCUT2D eigenvalue weighted by Gasteiger charge is -2.58. The first-order valence-corrected chi connectivity index (χ1v) is 10.2. The molecular weight excluding hydrogens is 318 g/mol. The van der Waals surface area contributed by atoms with E-state index in [-0.39, 0.29) is 22.9 Å². The molecule has 1 N–H and O–H groups in total. The quantitative estimate of drug-likeness (QED) is 0.567. The lowest BCUT2D eigenvalue weighted by molar-refractivity contribution is -0.0458. The Labute approximate surface area is 150 Å². The average molecular weight is 350 g/mol. The zero-order valence-electron chi connectivity index (χ0n) is 15.8. The Balaban J connectivity index is 1.65. The van der Waals surface area contributed by atoms with Crippen molar-refractivity contribution in [3.8, 4) is 0 Å². The smallest absolute Gasteiger partial charge is 0.269 e. The molecule has 4 aliphatic rings. The minimum atomic E-state index is -1.45. The summed E-state index contributed by atoms with van der Waals surface area (Å²) in [6, 6.07) is 0. The van der Waals surface area contributed by atoms with Crippen LogP contribution in [-0.2, 0) is 0 Å². The Morgan fingerprint density at radius 2 is 1.84 bits per heavy atom. The third-order valence-electron chi connectivity index (χ3n) is 8.90. The highest BCUT2D eigenvalue weighted by atomic mass is 19.3. The van der Waals surface area contributed by atoms with Crippen molar-refractivity contribution in [2.45, 2.75) is 78.2 Å². The fraction of sp³-hybridized carbons (Fsp3) is 0.818. The van der Waals surface area contributed by atoms with Gasteiger partial charge in [-0.05, 0) is 98.4 Å². The van der Waals surface area contributed by atoms with E-state index in [0.717, 1.165) is 44.9 Å². The van der Waals surface area contributed by atoms with Gasteiger partial charge >= 0.3 is 0 Å². The molecule has 3 heteroatoms. The van der Waals surface area contributed by atoms with E-state index in [4.69, 9.17) is 0 Å². The third-order valence-corrected chi connectivity index (χ3v) is 8.90. The first kappa shape index (κ1) is 17.7. The van der Waals surface area contributed by atoms with Gasteiger partial charge in [0.1, 0.15) is 0 Å². The highest BCUT2D eigenvalue weighted by Crippen LogP contribution is 2.67. The molecule has 0 spiro atoms. The largest absolute Gasteiger partial charge is 0.393 e. The van der Waals surface area contributed by atoms with Gasteiger partial charge in [0, 0.05) is 0 Å². The van der Waals surface area contributed by atoms with Crippen molar-refractivity contribution in [2.24, 2.45) is 34.5 Å². The van der Waals surface area contributed by atoms with Crippen LogP contribution in [0, 0.1) is 34.5 Å². The van der Waals surface area contributed by atoms with Crippen LogP contribution in [0.2, 0.25) is 0 Å². The van der Waals surface area contributed by atoms with Gasteiger partial charge < -0.3 is 5.11 Å². The normalized spacial score (nSPS) is 48.9. The number of fused-ring (bicyclic) bond motifs is 5. The van der Waals surface area contributed by atoms with Crippen LogP contribution in [0.1, 0.15) is 72.1 Å². The van der Waals surface area contributed by atoms with Gasteiger partial charge in [-0.3, -0.25) is 0 Å². The van der Waals surface area contributed by atoms with Gasteiger partial charge in [0.25, 0.3) is 6.08 Å². The van der Waals surface area contributed by atoms with E-state index < -0.39 is 6.08 Å². The molecule has 3 saturated carbocycles. The number of rotatable bonds is 1. The summed E-state index contributed by atoms with van der Waals surface area (Å²) in [5, 5.41) is 10.1. The van der Waals surface area contributed by atoms with Crippen molar-refractivity contribution in [1.29, 1.82) is 0 Å². The first-order chi connectivity index (χ1) is 11.8. The van der Waals surface area contributed by atoms with Crippen molar-refractivity contribution in [2.75, 3.05) is 0 Å². The summed E-state index contributed by atoms with van der Waals surface area (Å²) in [7, 11) is 0. The molecule has 0 unspecified atom stereocenters. The summed E-state index contributed by atoms with van der Waals surface area (Å²) in [5.41, 5.74) is 2.11. The van der Waals surface area contributed by atoms with Gasteiger partial charge in [-0.1, -0.05) is 25.5 Å². The maximum absolute atomic E-state index is 13.3. The second kappa shape index (κ2) is 5.90. The molecule has 0 saturated heterocycles. The van der Waals surface area contributed by atoms with Crippen molar-refractivity contribution >= 4 is 0 Å². The molecule has 7 atom stereocenters. The minimum absolute atomic E-state index is 0.0462. The van der Waals surface area contributed by atoms with Gasteiger partial charge in [0.05, 0.1) is 6.10 Å². The highest BCUT2D eigenvalue weighted by molar-refractivity contribution is 5.26. The highest BCUT2D eigenvalue weighted by Gasteiger charge is 2.58. The number of hydrogen-bond donors (Lipinski definition) is 1. The molecule has 0 radical (unpaired) electrons. The molecule has 0 bridgehead atoms. The molecule has 4 rings (SSSR count). The molecule has 1 nitrogen and oxygen atoms in total. The zero-order valence-corrected chi connectivity index (χ0v) is 15.8. The summed E-state index contributed by atoms with van der Waals surface area (Å²) >= 11 is 0. The maximum atomic E-state index is 13.3. The fourth-order valence-corrected chi connectivity index (χ4v) is 7.48. The average Bonchev–Trinajstić information content (AvgIpc) is 2.92. The number of aliphatic hydroxyl groups is 1. The van der Waals surface area contributed by atoms with E-state index in [2.05, 4.69) is 19.9 Å². The first-order valence-electron chi connectivity index (χ1n) is 10.2. The molecule has 0 aromatic carbocycles. The van der Waals surface area contributed by atoms with Gasteiger partial charge in [-0.25, -0.2) is 0 Å². The molecule has 0 aromatic heterocycles. The predicted octanol–water partition coefficient (Wildman–Crippen LogP) is 6.10. The second-order valence-electron chi connectivity index (χ2n) is 9.77. The summed E-state index contributed by atoms with van der Waals surface area (Å²) in [5.74, 6) is 1.96. The monoisotopic (exact) mass is 350 g/mol. The van der Waals surface area contributed by atoms with Crippen molar-refractivity contribution in [3.05, 3.63) is 23.3 Å². The molecule has 0 aliphatic heterocycles. The number of hydrogen-bond acceptors (Lipinski definition) is 1. The summed E-state index contributed by atoms with van der Waals surface area (Å²) < 4.78 is 26.6. The van der Waals surface area contributed by atoms with E-state index in [1.807, 2.05) is 0 Å². The molecule has 0 heterocycles. The molecule has 25 heavy (non-hydrogen) atoms. The van der Waals surface area contributed by atoms with Crippen LogP contribution >= 0.6 is 0 Å². The van der Waals surface area contributed by atoms with E-state index in [1.54, 1.807) is 6.92 Å². The Kier molecular flexibility index (Phi) is 4.18.